The first-order valence-electron chi connectivity index (χ1n) is 10.3. The van der Waals surface area contributed by atoms with Crippen molar-refractivity contribution in [1.82, 2.24) is 19.7 Å². The number of hydrogen-bond acceptors (Lipinski definition) is 6. The first-order chi connectivity index (χ1) is 15.2. The lowest BCUT2D eigenvalue weighted by molar-refractivity contribution is 0.415. The van der Waals surface area contributed by atoms with Crippen LogP contribution in [0.25, 0.3) is 11.0 Å². The van der Waals surface area contributed by atoms with Crippen LogP contribution in [0.3, 0.4) is 0 Å². The van der Waals surface area contributed by atoms with Crippen LogP contribution in [0.1, 0.15) is 5.56 Å². The highest BCUT2D eigenvalue weighted by molar-refractivity contribution is 6.30. The fourth-order valence-electron chi connectivity index (χ4n) is 3.98. The zero-order chi connectivity index (χ0) is 21.2. The Hall–Kier alpha value is -3.32. The lowest BCUT2D eigenvalue weighted by Gasteiger charge is -2.36. The van der Waals surface area contributed by atoms with Crippen LogP contribution >= 0.6 is 11.6 Å². The number of piperazine rings is 1. The molecule has 1 aliphatic rings. The van der Waals surface area contributed by atoms with E-state index in [1.807, 2.05) is 47.3 Å². The average Bonchev–Trinajstić information content (AvgIpc) is 3.24. The van der Waals surface area contributed by atoms with Gasteiger partial charge in [0.2, 0.25) is 0 Å². The Kier molecular flexibility index (Phi) is 5.34. The summed E-state index contributed by atoms with van der Waals surface area (Å²) < 4.78 is 7.18. The number of methoxy groups -OCH3 is 1. The molecule has 0 saturated carbocycles. The highest BCUT2D eigenvalue weighted by atomic mass is 35.5. The molecule has 1 saturated heterocycles. The minimum atomic E-state index is 0.641. The van der Waals surface area contributed by atoms with E-state index in [1.165, 1.54) is 5.69 Å². The summed E-state index contributed by atoms with van der Waals surface area (Å²) in [6.07, 6.45) is 3.50. The van der Waals surface area contributed by atoms with Crippen LogP contribution in [0.5, 0.6) is 5.75 Å². The zero-order valence-corrected chi connectivity index (χ0v) is 18.0. The molecule has 2 aromatic carbocycles. The molecule has 2 aromatic heterocycles. The van der Waals surface area contributed by atoms with Crippen LogP contribution in [0.4, 0.5) is 11.5 Å². The van der Waals surface area contributed by atoms with E-state index in [0.717, 1.165) is 59.4 Å². The Morgan fingerprint density at radius 2 is 1.61 bits per heavy atom. The fourth-order valence-corrected chi connectivity index (χ4v) is 4.11. The Balaban J connectivity index is 1.32. The van der Waals surface area contributed by atoms with Gasteiger partial charge < -0.3 is 14.5 Å². The van der Waals surface area contributed by atoms with E-state index in [-0.39, 0.29) is 0 Å². The Bertz CT molecular complexity index is 1170. The van der Waals surface area contributed by atoms with Gasteiger partial charge in [0.25, 0.3) is 0 Å². The lowest BCUT2D eigenvalue weighted by Crippen LogP contribution is -2.46. The van der Waals surface area contributed by atoms with Crippen molar-refractivity contribution in [2.45, 2.75) is 6.54 Å². The lowest BCUT2D eigenvalue weighted by atomic mass is 10.2. The summed E-state index contributed by atoms with van der Waals surface area (Å²) in [4.78, 5) is 13.8. The van der Waals surface area contributed by atoms with Gasteiger partial charge in [0, 0.05) is 36.9 Å². The number of fused-ring (bicyclic) bond motifs is 1. The number of hydrogen-bond donors (Lipinski definition) is 0. The molecular formula is C23H23ClN6O. The third-order valence-electron chi connectivity index (χ3n) is 5.67. The highest BCUT2D eigenvalue weighted by Crippen LogP contribution is 2.26. The number of aromatic nitrogens is 4. The summed E-state index contributed by atoms with van der Waals surface area (Å²) in [5.74, 6) is 1.82. The molecule has 7 nitrogen and oxygen atoms in total. The molecule has 0 aliphatic carbocycles. The summed E-state index contributed by atoms with van der Waals surface area (Å²) >= 11 is 6.00. The number of ether oxygens (including phenoxy) is 1. The molecule has 0 N–H and O–H groups in total. The summed E-state index contributed by atoms with van der Waals surface area (Å²) in [5.41, 5.74) is 3.18. The molecule has 5 rings (SSSR count). The molecule has 0 bridgehead atoms. The number of halogens is 1. The molecule has 0 amide bonds. The number of nitrogens with zero attached hydrogens (tertiary/aromatic N) is 6. The smallest absolute Gasteiger partial charge is 0.163 e. The molecule has 3 heterocycles. The standard InChI is InChI=1S/C23H23ClN6O/c1-31-20-8-6-19(7-9-20)28-10-12-29(13-11-28)22-21-14-27-30(23(21)26-16-25-22)15-17-2-4-18(24)5-3-17/h2-9,14,16H,10-13,15H2,1H3. The molecular weight excluding hydrogens is 412 g/mol. The normalized spacial score (nSPS) is 14.3. The topological polar surface area (TPSA) is 59.3 Å². The van der Waals surface area contributed by atoms with Gasteiger partial charge in [-0.25, -0.2) is 14.6 Å². The minimum Gasteiger partial charge on any atom is -0.497 e. The number of rotatable bonds is 5. The Morgan fingerprint density at radius 1 is 0.903 bits per heavy atom. The third kappa shape index (κ3) is 4.01. The van der Waals surface area contributed by atoms with Gasteiger partial charge in [0.1, 0.15) is 17.9 Å². The van der Waals surface area contributed by atoms with Crippen molar-refractivity contribution in [3.63, 3.8) is 0 Å². The number of benzene rings is 2. The van der Waals surface area contributed by atoms with Crippen molar-refractivity contribution in [3.8, 4) is 5.75 Å². The van der Waals surface area contributed by atoms with Crippen molar-refractivity contribution in [2.24, 2.45) is 0 Å². The predicted octanol–water partition coefficient (Wildman–Crippen LogP) is 3.86. The van der Waals surface area contributed by atoms with Crippen LogP contribution in [-0.2, 0) is 6.54 Å². The second-order valence-electron chi connectivity index (χ2n) is 7.54. The summed E-state index contributed by atoms with van der Waals surface area (Å²) in [7, 11) is 1.69. The SMILES string of the molecule is COc1ccc(N2CCN(c3ncnc4c3cnn4Cc3ccc(Cl)cc3)CC2)cc1. The van der Waals surface area contributed by atoms with Crippen molar-refractivity contribution < 1.29 is 4.74 Å². The van der Waals surface area contributed by atoms with Gasteiger partial charge in [0.05, 0.1) is 25.2 Å². The van der Waals surface area contributed by atoms with E-state index in [4.69, 9.17) is 16.3 Å². The second kappa shape index (κ2) is 8.43. The summed E-state index contributed by atoms with van der Waals surface area (Å²) in [5, 5.41) is 6.29. The Labute approximate surface area is 185 Å². The molecule has 0 spiro atoms. The highest BCUT2D eigenvalue weighted by Gasteiger charge is 2.21. The van der Waals surface area contributed by atoms with Crippen LogP contribution < -0.4 is 14.5 Å². The average molecular weight is 435 g/mol. The van der Waals surface area contributed by atoms with Crippen molar-refractivity contribution in [1.29, 1.82) is 0 Å². The van der Waals surface area contributed by atoms with Crippen LogP contribution in [0.2, 0.25) is 5.02 Å². The van der Waals surface area contributed by atoms with Gasteiger partial charge in [-0.1, -0.05) is 23.7 Å². The van der Waals surface area contributed by atoms with Gasteiger partial charge in [-0.05, 0) is 42.0 Å². The zero-order valence-electron chi connectivity index (χ0n) is 17.3. The van der Waals surface area contributed by atoms with Crippen molar-refractivity contribution in [2.75, 3.05) is 43.1 Å². The van der Waals surface area contributed by atoms with E-state index in [9.17, 15) is 0 Å². The molecule has 8 heteroatoms. The molecule has 0 atom stereocenters. The van der Waals surface area contributed by atoms with Crippen molar-refractivity contribution in [3.05, 3.63) is 71.6 Å². The van der Waals surface area contributed by atoms with Gasteiger partial charge in [-0.2, -0.15) is 5.10 Å². The molecule has 4 aromatic rings. The molecule has 158 valence electrons. The quantitative estimate of drug-likeness (QED) is 0.475. The van der Waals surface area contributed by atoms with E-state index >= 15 is 0 Å². The summed E-state index contributed by atoms with van der Waals surface area (Å²) in [6.45, 7) is 4.27. The van der Waals surface area contributed by atoms with E-state index in [0.29, 0.717) is 6.54 Å². The number of anilines is 2. The van der Waals surface area contributed by atoms with Crippen LogP contribution in [-0.4, -0.2) is 53.0 Å². The van der Waals surface area contributed by atoms with Gasteiger partial charge in [0.15, 0.2) is 5.65 Å². The molecule has 0 unspecified atom stereocenters. The van der Waals surface area contributed by atoms with Crippen LogP contribution in [0.15, 0.2) is 61.1 Å². The van der Waals surface area contributed by atoms with Gasteiger partial charge >= 0.3 is 0 Å². The largest absolute Gasteiger partial charge is 0.497 e. The first-order valence-corrected chi connectivity index (χ1v) is 10.6. The first kappa shape index (κ1) is 19.6. The maximum atomic E-state index is 6.00. The maximum Gasteiger partial charge on any atom is 0.163 e. The molecule has 1 fully saturated rings. The maximum absolute atomic E-state index is 6.00. The van der Waals surface area contributed by atoms with Crippen LogP contribution in [0, 0.1) is 0 Å². The Morgan fingerprint density at radius 3 is 2.32 bits per heavy atom. The van der Waals surface area contributed by atoms with Gasteiger partial charge in [-0.15, -0.1) is 0 Å². The molecule has 0 radical (unpaired) electrons. The minimum absolute atomic E-state index is 0.641. The second-order valence-corrected chi connectivity index (χ2v) is 7.97. The predicted molar refractivity (Wildman–Crippen MR) is 123 cm³/mol. The molecule has 1 aliphatic heterocycles. The van der Waals surface area contributed by atoms with Crippen molar-refractivity contribution >= 4 is 34.1 Å². The fraction of sp³-hybridized carbons (Fsp3) is 0.261. The molecule has 31 heavy (non-hydrogen) atoms. The summed E-state index contributed by atoms with van der Waals surface area (Å²) in [6, 6.07) is 16.0. The van der Waals surface area contributed by atoms with E-state index < -0.39 is 0 Å². The van der Waals surface area contributed by atoms with E-state index in [2.05, 4.69) is 37.0 Å². The third-order valence-corrected chi connectivity index (χ3v) is 5.93. The monoisotopic (exact) mass is 434 g/mol. The van der Waals surface area contributed by atoms with Gasteiger partial charge in [-0.3, -0.25) is 0 Å². The van der Waals surface area contributed by atoms with E-state index in [1.54, 1.807) is 13.4 Å².